The van der Waals surface area contributed by atoms with E-state index in [4.69, 9.17) is 0 Å². The maximum Gasteiger partial charge on any atom is 0.113 e. The van der Waals surface area contributed by atoms with Crippen molar-refractivity contribution in [2.45, 2.75) is 38.6 Å². The highest BCUT2D eigenvalue weighted by Crippen LogP contribution is 2.34. The van der Waals surface area contributed by atoms with Gasteiger partial charge in [-0.1, -0.05) is 35.8 Å². The van der Waals surface area contributed by atoms with Crippen LogP contribution in [0.3, 0.4) is 0 Å². The van der Waals surface area contributed by atoms with Crippen LogP contribution in [0.25, 0.3) is 0 Å². The number of likely N-dealkylation sites (N-methyl/N-ethyl adjacent to an activating group) is 1. The molecule has 0 spiro atoms. The van der Waals surface area contributed by atoms with Gasteiger partial charge in [-0.2, -0.15) is 5.26 Å². The highest BCUT2D eigenvalue weighted by Gasteiger charge is 2.38. The third-order valence-electron chi connectivity index (χ3n) is 4.04. The Bertz CT molecular complexity index is 474. The molecule has 3 heteroatoms. The van der Waals surface area contributed by atoms with Crippen LogP contribution >= 0.6 is 15.9 Å². The van der Waals surface area contributed by atoms with Gasteiger partial charge >= 0.3 is 0 Å². The number of hydrogen-bond acceptors (Lipinski definition) is 2. The third-order valence-corrected chi connectivity index (χ3v) is 4.53. The molecule has 0 saturated heterocycles. The Hall–Kier alpha value is -0.850. The molecule has 0 N–H and O–H groups in total. The van der Waals surface area contributed by atoms with Gasteiger partial charge in [0.15, 0.2) is 0 Å². The van der Waals surface area contributed by atoms with Crippen molar-refractivity contribution < 1.29 is 0 Å². The monoisotopic (exact) mass is 306 g/mol. The van der Waals surface area contributed by atoms with Gasteiger partial charge in [0.05, 0.1) is 6.07 Å². The van der Waals surface area contributed by atoms with Crippen LogP contribution in [0.1, 0.15) is 31.4 Å². The lowest BCUT2D eigenvalue weighted by Crippen LogP contribution is -2.51. The van der Waals surface area contributed by atoms with Gasteiger partial charge in [0.1, 0.15) is 5.54 Å². The standard InChI is InChI=1S/C15H19BrN2/c1-3-18(4-2)15(11-17)8-7-12-9-14(16)6-5-13(12)10-15/h5-6,9H,3-4,7-8,10H2,1-2H3. The Morgan fingerprint density at radius 1 is 1.33 bits per heavy atom. The molecule has 2 rings (SSSR count). The Morgan fingerprint density at radius 3 is 2.67 bits per heavy atom. The molecule has 0 bridgehead atoms. The number of nitrogens with zero attached hydrogens (tertiary/aromatic N) is 2. The van der Waals surface area contributed by atoms with Crippen LogP contribution in [0.5, 0.6) is 0 Å². The van der Waals surface area contributed by atoms with E-state index in [0.717, 1.165) is 36.8 Å². The van der Waals surface area contributed by atoms with Gasteiger partial charge in [-0.25, -0.2) is 0 Å². The van der Waals surface area contributed by atoms with Gasteiger partial charge in [-0.05, 0) is 49.2 Å². The number of halogens is 1. The second-order valence-corrected chi connectivity index (χ2v) is 5.82. The van der Waals surface area contributed by atoms with Crippen molar-refractivity contribution in [1.29, 1.82) is 5.26 Å². The average Bonchev–Trinajstić information content (AvgIpc) is 2.40. The van der Waals surface area contributed by atoms with Gasteiger partial charge in [-0.3, -0.25) is 4.90 Å². The number of rotatable bonds is 3. The van der Waals surface area contributed by atoms with Crippen molar-refractivity contribution in [3.8, 4) is 6.07 Å². The molecule has 0 saturated carbocycles. The highest BCUT2D eigenvalue weighted by atomic mass is 79.9. The maximum absolute atomic E-state index is 9.65. The second-order valence-electron chi connectivity index (χ2n) is 4.91. The molecule has 0 aromatic heterocycles. The van der Waals surface area contributed by atoms with E-state index in [0.29, 0.717) is 0 Å². The molecule has 1 atom stereocenters. The zero-order chi connectivity index (χ0) is 13.2. The summed E-state index contributed by atoms with van der Waals surface area (Å²) in [7, 11) is 0. The predicted molar refractivity (Wildman–Crippen MR) is 77.4 cm³/mol. The quantitative estimate of drug-likeness (QED) is 0.854. The first-order chi connectivity index (χ1) is 8.65. The molecule has 2 nitrogen and oxygen atoms in total. The van der Waals surface area contributed by atoms with Crippen LogP contribution in [0.15, 0.2) is 22.7 Å². The minimum Gasteiger partial charge on any atom is -0.286 e. The average molecular weight is 307 g/mol. The Kier molecular flexibility index (Phi) is 4.09. The lowest BCUT2D eigenvalue weighted by atomic mass is 9.77. The fourth-order valence-corrected chi connectivity index (χ4v) is 3.42. The van der Waals surface area contributed by atoms with E-state index in [1.165, 1.54) is 11.1 Å². The molecule has 0 fully saturated rings. The van der Waals surface area contributed by atoms with Crippen molar-refractivity contribution in [1.82, 2.24) is 4.90 Å². The van der Waals surface area contributed by atoms with Crippen LogP contribution in [-0.4, -0.2) is 23.5 Å². The molecule has 96 valence electrons. The van der Waals surface area contributed by atoms with Crippen LogP contribution in [0.2, 0.25) is 0 Å². The van der Waals surface area contributed by atoms with Crippen molar-refractivity contribution in [2.24, 2.45) is 0 Å². The molecule has 1 aliphatic rings. The molecular weight excluding hydrogens is 288 g/mol. The molecule has 1 aliphatic carbocycles. The minimum atomic E-state index is -0.301. The molecule has 0 aliphatic heterocycles. The summed E-state index contributed by atoms with van der Waals surface area (Å²) in [6, 6.07) is 9.02. The SMILES string of the molecule is CCN(CC)C1(C#N)CCc2cc(Br)ccc2C1. The normalized spacial score (nSPS) is 22.6. The first-order valence-corrected chi connectivity index (χ1v) is 7.38. The van der Waals surface area contributed by atoms with Crippen LogP contribution in [-0.2, 0) is 12.8 Å². The molecule has 1 aromatic carbocycles. The largest absolute Gasteiger partial charge is 0.286 e. The fraction of sp³-hybridized carbons (Fsp3) is 0.533. The summed E-state index contributed by atoms with van der Waals surface area (Å²) in [5.74, 6) is 0. The van der Waals surface area contributed by atoms with E-state index in [1.807, 2.05) is 0 Å². The van der Waals surface area contributed by atoms with Crippen LogP contribution in [0, 0.1) is 11.3 Å². The van der Waals surface area contributed by atoms with Gasteiger partial charge in [0, 0.05) is 10.9 Å². The number of fused-ring (bicyclic) bond motifs is 1. The van der Waals surface area contributed by atoms with Crippen LogP contribution < -0.4 is 0 Å². The van der Waals surface area contributed by atoms with Gasteiger partial charge in [0.2, 0.25) is 0 Å². The van der Waals surface area contributed by atoms with Crippen LogP contribution in [0.4, 0.5) is 0 Å². The molecule has 1 unspecified atom stereocenters. The van der Waals surface area contributed by atoms with Gasteiger partial charge < -0.3 is 0 Å². The third kappa shape index (κ3) is 2.32. The second kappa shape index (κ2) is 5.42. The highest BCUT2D eigenvalue weighted by molar-refractivity contribution is 9.10. The smallest absolute Gasteiger partial charge is 0.113 e. The Morgan fingerprint density at radius 2 is 2.06 bits per heavy atom. The first kappa shape index (κ1) is 13.6. The maximum atomic E-state index is 9.65. The number of aryl methyl sites for hydroxylation is 1. The number of benzene rings is 1. The molecule has 0 amide bonds. The fourth-order valence-electron chi connectivity index (χ4n) is 3.01. The lowest BCUT2D eigenvalue weighted by molar-refractivity contribution is 0.136. The summed E-state index contributed by atoms with van der Waals surface area (Å²) in [4.78, 5) is 2.30. The van der Waals surface area contributed by atoms with Gasteiger partial charge in [-0.15, -0.1) is 0 Å². The van der Waals surface area contributed by atoms with Gasteiger partial charge in [0.25, 0.3) is 0 Å². The zero-order valence-corrected chi connectivity index (χ0v) is 12.6. The zero-order valence-electron chi connectivity index (χ0n) is 11.0. The van der Waals surface area contributed by atoms with E-state index < -0.39 is 0 Å². The summed E-state index contributed by atoms with van der Waals surface area (Å²) < 4.78 is 1.13. The molecule has 1 aromatic rings. The van der Waals surface area contributed by atoms with Crippen molar-refractivity contribution in [3.63, 3.8) is 0 Å². The predicted octanol–water partition coefficient (Wildman–Crippen LogP) is 3.54. The summed E-state index contributed by atoms with van der Waals surface area (Å²) in [6.45, 7) is 6.16. The van der Waals surface area contributed by atoms with E-state index in [2.05, 4.69) is 58.9 Å². The minimum absolute atomic E-state index is 0.301. The molecule has 0 radical (unpaired) electrons. The Balaban J connectivity index is 2.34. The Labute approximate surface area is 118 Å². The summed E-state index contributed by atoms with van der Waals surface area (Å²) in [5.41, 5.74) is 2.42. The number of hydrogen-bond donors (Lipinski definition) is 0. The topological polar surface area (TPSA) is 27.0 Å². The number of nitriles is 1. The summed E-state index contributed by atoms with van der Waals surface area (Å²) >= 11 is 3.52. The molecule has 18 heavy (non-hydrogen) atoms. The van der Waals surface area contributed by atoms with E-state index >= 15 is 0 Å². The molecular formula is C15H19BrN2. The molecule has 0 heterocycles. The van der Waals surface area contributed by atoms with Crippen molar-refractivity contribution in [3.05, 3.63) is 33.8 Å². The summed E-state index contributed by atoms with van der Waals surface area (Å²) in [5, 5.41) is 9.65. The van der Waals surface area contributed by atoms with E-state index in [9.17, 15) is 5.26 Å². The van der Waals surface area contributed by atoms with Crippen molar-refractivity contribution in [2.75, 3.05) is 13.1 Å². The first-order valence-electron chi connectivity index (χ1n) is 6.59. The van der Waals surface area contributed by atoms with E-state index in [-0.39, 0.29) is 5.54 Å². The van der Waals surface area contributed by atoms with E-state index in [1.54, 1.807) is 0 Å². The summed E-state index contributed by atoms with van der Waals surface area (Å²) in [6.07, 6.45) is 2.79. The lowest BCUT2D eigenvalue weighted by Gasteiger charge is -2.41. The van der Waals surface area contributed by atoms with Crippen molar-refractivity contribution >= 4 is 15.9 Å².